The van der Waals surface area contributed by atoms with Crippen LogP contribution in [0.2, 0.25) is 0 Å². The van der Waals surface area contributed by atoms with Gasteiger partial charge in [0.25, 0.3) is 0 Å². The molecular weight excluding hydrogens is 1280 g/mol. The predicted octanol–water partition coefficient (Wildman–Crippen LogP) is 3.60. The van der Waals surface area contributed by atoms with E-state index in [9.17, 15) is 38.4 Å². The summed E-state index contributed by atoms with van der Waals surface area (Å²) in [5.74, 6) is -5.69. The lowest BCUT2D eigenvalue weighted by molar-refractivity contribution is -0.158. The van der Waals surface area contributed by atoms with Crippen LogP contribution in [0.1, 0.15) is 102 Å². The number of piperidine rings is 4. The van der Waals surface area contributed by atoms with Gasteiger partial charge < -0.3 is 70.4 Å². The highest BCUT2D eigenvalue weighted by molar-refractivity contribution is 8.00. The molecule has 5 N–H and O–H groups in total. The summed E-state index contributed by atoms with van der Waals surface area (Å²) < 4.78 is 27.0. The number of fused-ring (bicyclic) bond motifs is 5. The van der Waals surface area contributed by atoms with E-state index in [-0.39, 0.29) is 88.1 Å². The van der Waals surface area contributed by atoms with Gasteiger partial charge in [-0.3, -0.25) is 43.3 Å². The standard InChI is InChI=1S/C70H94FN13O13S/c1-7-53-65(90)82-28-14-17-55(82)66(91)78(6)57(35-45-19-21-49(22-20-45)77(4)5)67(92)84-39-48(42-98-59-41-79-29-25-46(59)26-30-79)58(86)37-56(84)63(88)76-62(47-15-10-8-11-16-47)68(93)96-43(2)61(64(89)74-53)75-60(87)18-12-9-13-27-72-69(94)81-33-31-80(32-34-81)54-24-23-50(36-52(54)71)83-40-51(97-70(83)95)38-73-44(3)85/h8,10-11,15-16,19-24,36,43,46,48,51,53,55-57,59,61-62H,7,9,12-14,17-18,25-35,37-42H2,1-6H3,(H,72,94)(H,73,85)(H,74,89)(H,75,87)(H,76,88)/t43-,48+,51+,53?,55+,56+,57+,59?,61+,62+/m1/s1. The number of nitrogens with one attached hydrogen (secondary N) is 5. The molecule has 0 aromatic heterocycles. The first-order valence-electron chi connectivity index (χ1n) is 34.5. The maximum atomic E-state index is 15.9. The second kappa shape index (κ2) is 32.9. The number of anilines is 3. The van der Waals surface area contributed by atoms with Crippen LogP contribution < -0.4 is 41.3 Å². The van der Waals surface area contributed by atoms with Crippen molar-refractivity contribution in [3.63, 3.8) is 0 Å². The summed E-state index contributed by atoms with van der Waals surface area (Å²) in [5, 5.41) is 14.2. The number of benzene rings is 3. The van der Waals surface area contributed by atoms with E-state index in [4.69, 9.17) is 9.47 Å². The second-order valence-electron chi connectivity index (χ2n) is 27.0. The number of halogens is 1. The van der Waals surface area contributed by atoms with Crippen LogP contribution in [0.15, 0.2) is 72.8 Å². The number of urea groups is 1. The summed E-state index contributed by atoms with van der Waals surface area (Å²) in [7, 11) is 5.33. The van der Waals surface area contributed by atoms with E-state index in [2.05, 4.69) is 31.5 Å². The third-order valence-corrected chi connectivity index (χ3v) is 21.7. The van der Waals surface area contributed by atoms with Crippen molar-refractivity contribution in [2.45, 2.75) is 145 Å². The number of Topliss-reactive ketones (excluding diaryl/α,β-unsaturated/α-hetero) is 1. The number of unbranched alkanes of at least 4 members (excludes halogenated alkanes) is 2. The van der Waals surface area contributed by atoms with Crippen LogP contribution in [0.25, 0.3) is 0 Å². The third kappa shape index (κ3) is 17.5. The van der Waals surface area contributed by atoms with Crippen molar-refractivity contribution >= 4 is 94.1 Å². The molecule has 0 radical (unpaired) electrons. The first kappa shape index (κ1) is 72.2. The van der Waals surface area contributed by atoms with Crippen molar-refractivity contribution in [2.75, 3.05) is 120 Å². The summed E-state index contributed by atoms with van der Waals surface area (Å²) in [4.78, 5) is 170. The van der Waals surface area contributed by atoms with Crippen LogP contribution in [0.5, 0.6) is 0 Å². The fraction of sp³-hybridized carbons (Fsp3) is 0.586. The van der Waals surface area contributed by atoms with Crippen molar-refractivity contribution in [1.82, 2.24) is 51.1 Å². The van der Waals surface area contributed by atoms with Gasteiger partial charge in [0.1, 0.15) is 54.0 Å². The summed E-state index contributed by atoms with van der Waals surface area (Å²) in [6.45, 7) is 9.36. The Labute approximate surface area is 576 Å². The van der Waals surface area contributed by atoms with E-state index < -0.39 is 108 Å². The molecule has 3 aromatic rings. The van der Waals surface area contributed by atoms with Gasteiger partial charge in [-0.2, -0.15) is 11.8 Å². The molecule has 2 unspecified atom stereocenters. The van der Waals surface area contributed by atoms with Gasteiger partial charge in [0.2, 0.25) is 41.4 Å². The number of hydrogen-bond donors (Lipinski definition) is 5. The van der Waals surface area contributed by atoms with E-state index >= 15 is 18.8 Å². The van der Waals surface area contributed by atoms with E-state index in [1.165, 1.54) is 46.6 Å². The first-order valence-corrected chi connectivity index (χ1v) is 35.6. The second-order valence-corrected chi connectivity index (χ2v) is 28.3. The van der Waals surface area contributed by atoms with Crippen molar-refractivity contribution in [3.8, 4) is 0 Å². The molecule has 28 heteroatoms. The van der Waals surface area contributed by atoms with Crippen LogP contribution >= 0.6 is 11.8 Å². The molecule has 8 fully saturated rings. The largest absolute Gasteiger partial charge is 0.458 e. The average Bonchev–Trinajstić information content (AvgIpc) is 1.26. The molecule has 26 nitrogen and oxygen atoms in total. The third-order valence-electron chi connectivity index (χ3n) is 20.1. The Bertz CT molecular complexity index is 3410. The van der Waals surface area contributed by atoms with Crippen LogP contribution in [0, 0.1) is 17.7 Å². The van der Waals surface area contributed by atoms with Gasteiger partial charge in [0.15, 0.2) is 6.04 Å². The van der Waals surface area contributed by atoms with Crippen molar-refractivity contribution < 1.29 is 66.6 Å². The molecule has 2 bridgehead atoms. The highest BCUT2D eigenvalue weighted by atomic mass is 32.2. The summed E-state index contributed by atoms with van der Waals surface area (Å²) in [6.07, 6.45) is 1.13. The molecule has 0 saturated carbocycles. The summed E-state index contributed by atoms with van der Waals surface area (Å²) in [6, 6.07) is 11.9. The van der Waals surface area contributed by atoms with Gasteiger partial charge in [-0.1, -0.05) is 55.8 Å². The molecule has 98 heavy (non-hydrogen) atoms. The number of cyclic esters (lactones) is 2. The molecule has 8 saturated heterocycles. The zero-order chi connectivity index (χ0) is 69.9. The van der Waals surface area contributed by atoms with E-state index in [0.29, 0.717) is 85.7 Å². The summed E-state index contributed by atoms with van der Waals surface area (Å²) in [5.41, 5.74) is 2.53. The fourth-order valence-corrected chi connectivity index (χ4v) is 15.9. The number of hydrogen-bond acceptors (Lipinski definition) is 17. The zero-order valence-electron chi connectivity index (χ0n) is 56.9. The van der Waals surface area contributed by atoms with Crippen LogP contribution in [0.4, 0.5) is 31.0 Å². The van der Waals surface area contributed by atoms with Crippen molar-refractivity contribution in [3.05, 3.63) is 89.7 Å². The van der Waals surface area contributed by atoms with Crippen LogP contribution in [-0.2, 0) is 59.0 Å². The molecule has 3 aromatic carbocycles. The Hall–Kier alpha value is -8.53. The molecule has 11 rings (SSSR count). The smallest absolute Gasteiger partial charge is 0.414 e. The minimum Gasteiger partial charge on any atom is -0.458 e. The number of carbonyl (C=O) groups excluding carboxylic acids is 11. The minimum absolute atomic E-state index is 0.0166. The Morgan fingerprint density at radius 3 is 2.16 bits per heavy atom. The number of piperazine rings is 1. The SMILES string of the molecule is CCC1NC(=O)[C@@H](NC(=O)CCCCCNC(=O)N2CCN(c3ccc(N4C[C@H](CNC(C)=O)OC4=O)cc3F)CC2)[C@@H](C)OC(=O)[C@H](c2ccccc2)NC(=O)[C@@H]2CC(=O)[C@H](CSC3CN4CCC3CC4)CN2C(=O)[C@H](Cc2ccc(N(C)C)cc2)N(C)C(=O)[C@@H]2CCCN2C1=O. The summed E-state index contributed by atoms with van der Waals surface area (Å²) >= 11 is 1.73. The van der Waals surface area contributed by atoms with Gasteiger partial charge in [-0.15, -0.1) is 0 Å². The number of ether oxygens (including phenoxy) is 2. The quantitative estimate of drug-likeness (QED) is 0.0846. The molecule has 530 valence electrons. The normalized spacial score (nSPS) is 27.4. The highest BCUT2D eigenvalue weighted by Crippen LogP contribution is 2.38. The van der Waals surface area contributed by atoms with Gasteiger partial charge in [-0.05, 0) is 112 Å². The van der Waals surface area contributed by atoms with Gasteiger partial charge in [-0.25, -0.2) is 18.8 Å². The number of esters is 1. The molecule has 0 aliphatic carbocycles. The number of ketones is 1. The average molecular weight is 1380 g/mol. The molecule has 10 amide bonds. The molecular formula is C70H94FN13O13S. The Morgan fingerprint density at radius 1 is 0.755 bits per heavy atom. The number of likely N-dealkylation sites (N-methyl/N-ethyl adjacent to an activating group) is 1. The number of rotatable bonds is 19. The minimum atomic E-state index is -1.58. The maximum absolute atomic E-state index is 15.9. The van der Waals surface area contributed by atoms with Gasteiger partial charge >= 0.3 is 18.1 Å². The predicted molar refractivity (Wildman–Crippen MR) is 365 cm³/mol. The number of carbonyl (C=O) groups is 11. The van der Waals surface area contributed by atoms with Gasteiger partial charge in [0, 0.05) is 122 Å². The number of nitrogens with zero attached hydrogens (tertiary/aromatic N) is 8. The van der Waals surface area contributed by atoms with Crippen LogP contribution in [0.3, 0.4) is 0 Å². The molecule has 8 aliphatic rings. The Kier molecular flexibility index (Phi) is 24.2. The Morgan fingerprint density at radius 2 is 1.49 bits per heavy atom. The lowest BCUT2D eigenvalue weighted by atomic mass is 9.88. The van der Waals surface area contributed by atoms with Crippen LogP contribution in [-0.4, -0.2) is 243 Å². The van der Waals surface area contributed by atoms with Crippen molar-refractivity contribution in [1.29, 1.82) is 0 Å². The molecule has 10 atom stereocenters. The number of thioether (sulfide) groups is 1. The highest BCUT2D eigenvalue weighted by Gasteiger charge is 2.48. The van der Waals surface area contributed by atoms with E-state index in [1.54, 1.807) is 66.1 Å². The molecule has 8 heterocycles. The topological polar surface area (TPSA) is 292 Å². The zero-order valence-corrected chi connectivity index (χ0v) is 57.7. The Balaban J connectivity index is 0.816. The van der Waals surface area contributed by atoms with Gasteiger partial charge in [0.05, 0.1) is 24.5 Å². The van der Waals surface area contributed by atoms with Crippen molar-refractivity contribution in [2.24, 2.45) is 11.8 Å². The molecule has 8 aliphatic heterocycles. The lowest BCUT2D eigenvalue weighted by Gasteiger charge is -2.45. The molecule has 0 spiro atoms. The maximum Gasteiger partial charge on any atom is 0.414 e. The first-order chi connectivity index (χ1) is 47.0. The monoisotopic (exact) mass is 1380 g/mol. The number of amides is 10. The van der Waals surface area contributed by atoms with E-state index in [1.807, 2.05) is 48.2 Å². The lowest BCUT2D eigenvalue weighted by Crippen LogP contribution is -2.63. The van der Waals surface area contributed by atoms with E-state index in [0.717, 1.165) is 38.2 Å². The fourth-order valence-electron chi connectivity index (χ4n) is 14.3.